The maximum atomic E-state index is 12.8. The lowest BCUT2D eigenvalue weighted by atomic mass is 10.0. The van der Waals surface area contributed by atoms with Crippen LogP contribution in [0.4, 0.5) is 13.2 Å². The fourth-order valence-electron chi connectivity index (χ4n) is 2.46. The van der Waals surface area contributed by atoms with E-state index in [4.69, 9.17) is 0 Å². The molecule has 90 valence electrons. The highest BCUT2D eigenvalue weighted by Gasteiger charge is 2.48. The normalized spacial score (nSPS) is 31.2. The number of piperazine rings is 1. The van der Waals surface area contributed by atoms with Gasteiger partial charge in [-0.25, -0.2) is 0 Å². The zero-order valence-electron chi connectivity index (χ0n) is 9.67. The fraction of sp³-hybridized carbons (Fsp3) is 1.00. The van der Waals surface area contributed by atoms with Crippen LogP contribution in [0, 0.1) is 0 Å². The van der Waals surface area contributed by atoms with Crippen LogP contribution in [0.3, 0.4) is 0 Å². The summed E-state index contributed by atoms with van der Waals surface area (Å²) in [6, 6.07) is -1.44. The maximum Gasteiger partial charge on any atom is 0.405 e. The van der Waals surface area contributed by atoms with Crippen molar-refractivity contribution in [3.05, 3.63) is 0 Å². The van der Waals surface area contributed by atoms with Gasteiger partial charge in [-0.1, -0.05) is 0 Å². The maximum absolute atomic E-state index is 12.8. The van der Waals surface area contributed by atoms with Gasteiger partial charge in [0.15, 0.2) is 0 Å². The van der Waals surface area contributed by atoms with E-state index in [2.05, 4.69) is 0 Å². The smallest absolute Gasteiger partial charge is 0.303 e. The summed E-state index contributed by atoms with van der Waals surface area (Å²) < 4.78 is 38.5. The van der Waals surface area contributed by atoms with Crippen molar-refractivity contribution in [2.75, 3.05) is 20.1 Å². The molecule has 2 nitrogen and oxygen atoms in total. The highest BCUT2D eigenvalue weighted by molar-refractivity contribution is 4.91. The Hall–Kier alpha value is -0.290. The molecule has 0 spiro atoms. The van der Waals surface area contributed by atoms with Crippen LogP contribution in [0.2, 0.25) is 0 Å². The Morgan fingerprint density at radius 1 is 1.20 bits per heavy atom. The monoisotopic (exact) mass is 224 g/mol. The quantitative estimate of drug-likeness (QED) is 0.672. The van der Waals surface area contributed by atoms with Gasteiger partial charge < -0.3 is 4.90 Å². The van der Waals surface area contributed by atoms with Gasteiger partial charge in [-0.05, 0) is 27.8 Å². The summed E-state index contributed by atoms with van der Waals surface area (Å²) in [6.07, 6.45) is -4.13. The lowest BCUT2D eigenvalue weighted by Crippen LogP contribution is -2.63. The van der Waals surface area contributed by atoms with Crippen LogP contribution < -0.4 is 0 Å². The first-order valence-electron chi connectivity index (χ1n) is 5.26. The summed E-state index contributed by atoms with van der Waals surface area (Å²) >= 11 is 0. The Bertz CT molecular complexity index is 215. The first-order valence-corrected chi connectivity index (χ1v) is 5.26. The first kappa shape index (κ1) is 12.8. The standard InChI is InChI=1S/C10H19F3N2/c1-7(2)15-8(3)5-14(4)6-9(15)10(11,12)13/h7-9H,5-6H2,1-4H3. The van der Waals surface area contributed by atoms with E-state index in [9.17, 15) is 13.2 Å². The molecular weight excluding hydrogens is 205 g/mol. The molecular formula is C10H19F3N2. The van der Waals surface area contributed by atoms with Crippen LogP contribution in [-0.4, -0.2) is 54.2 Å². The lowest BCUT2D eigenvalue weighted by molar-refractivity contribution is -0.208. The molecule has 1 rings (SSSR count). The highest BCUT2D eigenvalue weighted by Crippen LogP contribution is 2.31. The number of nitrogens with zero attached hydrogens (tertiary/aromatic N) is 2. The van der Waals surface area contributed by atoms with Crippen molar-refractivity contribution < 1.29 is 13.2 Å². The summed E-state index contributed by atoms with van der Waals surface area (Å²) in [6.45, 7) is 6.27. The molecule has 0 bridgehead atoms. The average molecular weight is 224 g/mol. The molecule has 0 N–H and O–H groups in total. The van der Waals surface area contributed by atoms with Gasteiger partial charge in [0.2, 0.25) is 0 Å². The summed E-state index contributed by atoms with van der Waals surface area (Å²) in [5.74, 6) is 0. The van der Waals surface area contributed by atoms with Crippen LogP contribution in [0.1, 0.15) is 20.8 Å². The van der Waals surface area contributed by atoms with E-state index in [1.807, 2.05) is 20.8 Å². The molecule has 1 aliphatic rings. The van der Waals surface area contributed by atoms with Crippen LogP contribution in [0.15, 0.2) is 0 Å². The van der Waals surface area contributed by atoms with Crippen molar-refractivity contribution in [3.63, 3.8) is 0 Å². The van der Waals surface area contributed by atoms with Gasteiger partial charge in [0.1, 0.15) is 6.04 Å². The molecule has 0 aromatic carbocycles. The van der Waals surface area contributed by atoms with Crippen LogP contribution in [-0.2, 0) is 0 Å². The number of rotatable bonds is 1. The number of alkyl halides is 3. The highest BCUT2D eigenvalue weighted by atomic mass is 19.4. The van der Waals surface area contributed by atoms with E-state index in [1.165, 1.54) is 0 Å². The zero-order chi connectivity index (χ0) is 11.8. The van der Waals surface area contributed by atoms with Crippen molar-refractivity contribution in [1.82, 2.24) is 9.80 Å². The lowest BCUT2D eigenvalue weighted by Gasteiger charge is -2.47. The van der Waals surface area contributed by atoms with E-state index < -0.39 is 12.2 Å². The minimum absolute atomic E-state index is 0.0459. The van der Waals surface area contributed by atoms with E-state index in [-0.39, 0.29) is 18.6 Å². The van der Waals surface area contributed by atoms with Crippen molar-refractivity contribution >= 4 is 0 Å². The van der Waals surface area contributed by atoms with Crippen LogP contribution >= 0.6 is 0 Å². The summed E-state index contributed by atoms with van der Waals surface area (Å²) in [4.78, 5) is 3.32. The molecule has 0 aromatic heterocycles. The summed E-state index contributed by atoms with van der Waals surface area (Å²) in [5, 5.41) is 0. The zero-order valence-corrected chi connectivity index (χ0v) is 9.67. The summed E-state index contributed by atoms with van der Waals surface area (Å²) in [5.41, 5.74) is 0. The Balaban J connectivity index is 2.87. The van der Waals surface area contributed by atoms with Gasteiger partial charge in [-0.2, -0.15) is 13.2 Å². The predicted octanol–water partition coefficient (Wildman–Crippen LogP) is 1.96. The second-order valence-corrected chi connectivity index (χ2v) is 4.67. The van der Waals surface area contributed by atoms with Gasteiger partial charge in [0.25, 0.3) is 0 Å². The molecule has 1 aliphatic heterocycles. The Kier molecular flexibility index (Phi) is 3.66. The van der Waals surface area contributed by atoms with Crippen molar-refractivity contribution in [2.45, 2.75) is 45.1 Å². The third kappa shape index (κ3) is 2.84. The number of hydrogen-bond acceptors (Lipinski definition) is 2. The van der Waals surface area contributed by atoms with Crippen LogP contribution in [0.25, 0.3) is 0 Å². The van der Waals surface area contributed by atoms with Crippen molar-refractivity contribution in [2.24, 2.45) is 0 Å². The number of hydrogen-bond donors (Lipinski definition) is 0. The molecule has 1 saturated heterocycles. The largest absolute Gasteiger partial charge is 0.405 e. The average Bonchev–Trinajstić information content (AvgIpc) is 1.99. The van der Waals surface area contributed by atoms with E-state index in [0.717, 1.165) is 0 Å². The van der Waals surface area contributed by atoms with Gasteiger partial charge in [-0.3, -0.25) is 4.90 Å². The summed E-state index contributed by atoms with van der Waals surface area (Å²) in [7, 11) is 1.74. The molecule has 0 saturated carbocycles. The predicted molar refractivity (Wildman–Crippen MR) is 53.8 cm³/mol. The molecule has 0 amide bonds. The molecule has 2 atom stereocenters. The van der Waals surface area contributed by atoms with E-state index in [1.54, 1.807) is 16.8 Å². The molecule has 0 aliphatic carbocycles. The second kappa shape index (κ2) is 4.29. The fourth-order valence-corrected chi connectivity index (χ4v) is 2.46. The van der Waals surface area contributed by atoms with E-state index in [0.29, 0.717) is 6.54 Å². The van der Waals surface area contributed by atoms with Crippen molar-refractivity contribution in [3.8, 4) is 0 Å². The minimum atomic E-state index is -4.13. The molecule has 0 radical (unpaired) electrons. The van der Waals surface area contributed by atoms with Gasteiger partial charge in [0, 0.05) is 25.2 Å². The first-order chi connectivity index (χ1) is 6.73. The molecule has 0 aromatic rings. The molecule has 1 heterocycles. The van der Waals surface area contributed by atoms with Gasteiger partial charge in [0.05, 0.1) is 0 Å². The Labute approximate surface area is 89.0 Å². The Morgan fingerprint density at radius 2 is 1.73 bits per heavy atom. The SMILES string of the molecule is CC(C)N1C(C)CN(C)CC1C(F)(F)F. The van der Waals surface area contributed by atoms with Crippen molar-refractivity contribution in [1.29, 1.82) is 0 Å². The number of likely N-dealkylation sites (N-methyl/N-ethyl adjacent to an activating group) is 1. The third-order valence-electron chi connectivity index (χ3n) is 2.90. The molecule has 5 heteroatoms. The molecule has 2 unspecified atom stereocenters. The number of halogens is 3. The third-order valence-corrected chi connectivity index (χ3v) is 2.90. The van der Waals surface area contributed by atoms with Gasteiger partial charge >= 0.3 is 6.18 Å². The molecule has 15 heavy (non-hydrogen) atoms. The van der Waals surface area contributed by atoms with Gasteiger partial charge in [-0.15, -0.1) is 0 Å². The van der Waals surface area contributed by atoms with Crippen LogP contribution in [0.5, 0.6) is 0 Å². The minimum Gasteiger partial charge on any atom is -0.303 e. The topological polar surface area (TPSA) is 6.48 Å². The Morgan fingerprint density at radius 3 is 2.13 bits per heavy atom. The van der Waals surface area contributed by atoms with E-state index >= 15 is 0 Å². The second-order valence-electron chi connectivity index (χ2n) is 4.67. The molecule has 1 fully saturated rings.